The molecule has 6 N–H and O–H groups in total. The highest BCUT2D eigenvalue weighted by molar-refractivity contribution is 5.66. The van der Waals surface area contributed by atoms with Crippen LogP contribution >= 0.6 is 0 Å². The smallest absolute Gasteiger partial charge is 0.305 e. The topological polar surface area (TPSA) is 139 Å². The van der Waals surface area contributed by atoms with Gasteiger partial charge < -0.3 is 35.6 Å². The largest absolute Gasteiger partial charge is 0.433 e. The van der Waals surface area contributed by atoms with Crippen molar-refractivity contribution in [2.24, 2.45) is 0 Å². The Kier molecular flexibility index (Phi) is 7.19. The second-order valence-corrected chi connectivity index (χ2v) is 3.60. The molecule has 0 heterocycles. The van der Waals surface area contributed by atoms with Gasteiger partial charge in [-0.3, -0.25) is 4.79 Å². The molecule has 0 aliphatic heterocycles. The number of hydrogen-bond acceptors (Lipinski definition) is 8. The minimum atomic E-state index is -1.97. The molecule has 0 saturated carbocycles. The Balaban J connectivity index is 4.36. The summed E-state index contributed by atoms with van der Waals surface area (Å²) in [5, 5.41) is 49.2. The number of ether oxygens (including phenoxy) is 1. The molecule has 17 heavy (non-hydrogen) atoms. The van der Waals surface area contributed by atoms with Crippen LogP contribution in [0.15, 0.2) is 0 Å². The van der Waals surface area contributed by atoms with E-state index in [0.717, 1.165) is 6.92 Å². The highest BCUT2D eigenvalue weighted by atomic mass is 16.6. The summed E-state index contributed by atoms with van der Waals surface area (Å²) in [5.74, 6) is -0.853. The van der Waals surface area contributed by atoms with Gasteiger partial charge in [-0.1, -0.05) is 0 Å². The number of aliphatic hydroxyl groups is 5. The molecule has 0 amide bonds. The van der Waals surface area contributed by atoms with E-state index in [-0.39, 0.29) is 6.54 Å². The van der Waals surface area contributed by atoms with Gasteiger partial charge in [-0.15, -0.1) is 0 Å². The Morgan fingerprint density at radius 2 is 1.65 bits per heavy atom. The first-order valence-corrected chi connectivity index (χ1v) is 5.03. The third-order valence-corrected chi connectivity index (χ3v) is 2.09. The summed E-state index contributed by atoms with van der Waals surface area (Å²) < 4.78 is 4.22. The molecule has 0 fully saturated rings. The molecule has 5 atom stereocenters. The minimum Gasteiger partial charge on any atom is -0.433 e. The van der Waals surface area contributed by atoms with Crippen molar-refractivity contribution >= 4 is 5.97 Å². The molecular formula is C9H19NO7. The lowest BCUT2D eigenvalue weighted by atomic mass is 10.0. The molecule has 8 nitrogen and oxygen atoms in total. The normalized spacial score (nSPS) is 20.2. The van der Waals surface area contributed by atoms with Crippen LogP contribution in [-0.4, -0.2) is 75.8 Å². The van der Waals surface area contributed by atoms with Gasteiger partial charge in [0.25, 0.3) is 0 Å². The summed E-state index contributed by atoms with van der Waals surface area (Å²) in [4.78, 5) is 10.5. The van der Waals surface area contributed by atoms with Gasteiger partial charge in [0.05, 0.1) is 6.10 Å². The molecule has 102 valence electrons. The van der Waals surface area contributed by atoms with Crippen molar-refractivity contribution in [3.8, 4) is 0 Å². The predicted molar refractivity (Wildman–Crippen MR) is 55.7 cm³/mol. The summed E-state index contributed by atoms with van der Waals surface area (Å²) in [6, 6.07) is 0. The molecule has 0 aliphatic rings. The van der Waals surface area contributed by atoms with E-state index in [4.69, 9.17) is 5.11 Å². The standard InChI is InChI=1S/C9H19NO7/c1-4(11)17-9(16)8(15)7(14)6(13)5(12)3-10-2/h5-10,12-16H,3H2,1-2H3. The zero-order valence-corrected chi connectivity index (χ0v) is 9.65. The highest BCUT2D eigenvalue weighted by Crippen LogP contribution is 2.09. The number of nitrogens with one attached hydrogen (secondary N) is 1. The number of rotatable bonds is 7. The molecule has 8 heteroatoms. The average Bonchev–Trinajstić information content (AvgIpc) is 2.25. The van der Waals surface area contributed by atoms with Crippen molar-refractivity contribution < 1.29 is 35.1 Å². The number of aliphatic hydroxyl groups excluding tert-OH is 5. The van der Waals surface area contributed by atoms with Crippen molar-refractivity contribution in [2.75, 3.05) is 13.6 Å². The molecule has 0 aromatic heterocycles. The van der Waals surface area contributed by atoms with Crippen molar-refractivity contribution in [1.29, 1.82) is 0 Å². The van der Waals surface area contributed by atoms with E-state index in [2.05, 4.69) is 10.1 Å². The van der Waals surface area contributed by atoms with Gasteiger partial charge >= 0.3 is 5.97 Å². The maximum atomic E-state index is 10.5. The van der Waals surface area contributed by atoms with Crippen molar-refractivity contribution in [1.82, 2.24) is 5.32 Å². The Labute approximate surface area is 98.5 Å². The lowest BCUT2D eigenvalue weighted by Crippen LogP contribution is -2.51. The van der Waals surface area contributed by atoms with E-state index >= 15 is 0 Å². The van der Waals surface area contributed by atoms with Crippen LogP contribution in [0.2, 0.25) is 0 Å². The molecule has 0 rings (SSSR count). The van der Waals surface area contributed by atoms with Crippen LogP contribution in [0.3, 0.4) is 0 Å². The third-order valence-electron chi connectivity index (χ3n) is 2.09. The first kappa shape index (κ1) is 16.2. The number of likely N-dealkylation sites (N-methyl/N-ethyl adjacent to an activating group) is 1. The molecule has 0 bridgehead atoms. The van der Waals surface area contributed by atoms with Gasteiger partial charge in [-0.2, -0.15) is 0 Å². The predicted octanol–water partition coefficient (Wildman–Crippen LogP) is -3.47. The van der Waals surface area contributed by atoms with E-state index in [1.54, 1.807) is 0 Å². The molecule has 0 aromatic carbocycles. The first-order valence-electron chi connectivity index (χ1n) is 5.03. The second kappa shape index (κ2) is 7.54. The second-order valence-electron chi connectivity index (χ2n) is 3.60. The summed E-state index contributed by atoms with van der Waals surface area (Å²) >= 11 is 0. The fourth-order valence-electron chi connectivity index (χ4n) is 1.17. The zero-order valence-electron chi connectivity index (χ0n) is 9.65. The van der Waals surface area contributed by atoms with E-state index < -0.39 is 36.7 Å². The highest BCUT2D eigenvalue weighted by Gasteiger charge is 2.35. The first-order chi connectivity index (χ1) is 7.81. The number of hydrogen-bond donors (Lipinski definition) is 6. The Bertz CT molecular complexity index is 237. The van der Waals surface area contributed by atoms with Crippen molar-refractivity contribution in [3.63, 3.8) is 0 Å². The number of esters is 1. The molecule has 0 radical (unpaired) electrons. The number of carbonyl (C=O) groups excluding carboxylic acids is 1. The fourth-order valence-corrected chi connectivity index (χ4v) is 1.17. The SMILES string of the molecule is CNCC(O)C(O)C(O)C(O)C(O)OC(C)=O. The summed E-state index contributed by atoms with van der Waals surface area (Å²) in [6.07, 6.45) is -8.77. The average molecular weight is 253 g/mol. The van der Waals surface area contributed by atoms with Gasteiger partial charge in [-0.25, -0.2) is 0 Å². The number of carbonyl (C=O) groups is 1. The maximum Gasteiger partial charge on any atom is 0.305 e. The molecule has 0 saturated heterocycles. The maximum absolute atomic E-state index is 10.5. The monoisotopic (exact) mass is 253 g/mol. The van der Waals surface area contributed by atoms with Gasteiger partial charge in [0, 0.05) is 13.5 Å². The van der Waals surface area contributed by atoms with E-state index in [0.29, 0.717) is 0 Å². The van der Waals surface area contributed by atoms with E-state index in [9.17, 15) is 25.2 Å². The van der Waals surface area contributed by atoms with Crippen LogP contribution in [0.1, 0.15) is 6.92 Å². The molecule has 5 unspecified atom stereocenters. The lowest BCUT2D eigenvalue weighted by molar-refractivity contribution is -0.210. The summed E-state index contributed by atoms with van der Waals surface area (Å²) in [5.41, 5.74) is 0. The van der Waals surface area contributed by atoms with Gasteiger partial charge in [0.1, 0.15) is 18.3 Å². The Morgan fingerprint density at radius 1 is 1.12 bits per heavy atom. The molecule has 0 aliphatic carbocycles. The van der Waals surface area contributed by atoms with Crippen molar-refractivity contribution in [3.05, 3.63) is 0 Å². The third kappa shape index (κ3) is 5.39. The van der Waals surface area contributed by atoms with Gasteiger partial charge in [0.15, 0.2) is 0 Å². The summed E-state index contributed by atoms with van der Waals surface area (Å²) in [6.45, 7) is 0.989. The van der Waals surface area contributed by atoms with Crippen LogP contribution in [-0.2, 0) is 9.53 Å². The van der Waals surface area contributed by atoms with Crippen LogP contribution < -0.4 is 5.32 Å². The van der Waals surface area contributed by atoms with Gasteiger partial charge in [-0.05, 0) is 7.05 Å². The zero-order chi connectivity index (χ0) is 13.6. The quantitative estimate of drug-likeness (QED) is 0.203. The lowest BCUT2D eigenvalue weighted by Gasteiger charge is -2.28. The van der Waals surface area contributed by atoms with Crippen LogP contribution in [0.4, 0.5) is 0 Å². The van der Waals surface area contributed by atoms with Crippen molar-refractivity contribution in [2.45, 2.75) is 37.6 Å². The van der Waals surface area contributed by atoms with E-state index in [1.165, 1.54) is 7.05 Å². The van der Waals surface area contributed by atoms with Crippen LogP contribution in [0, 0.1) is 0 Å². The summed E-state index contributed by atoms with van der Waals surface area (Å²) in [7, 11) is 1.52. The molecular weight excluding hydrogens is 234 g/mol. The van der Waals surface area contributed by atoms with E-state index in [1.807, 2.05) is 0 Å². The van der Waals surface area contributed by atoms with Crippen LogP contribution in [0.5, 0.6) is 0 Å². The fraction of sp³-hybridized carbons (Fsp3) is 0.889. The minimum absolute atomic E-state index is 0.0192. The molecule has 0 spiro atoms. The Hall–Kier alpha value is -0.770. The Morgan fingerprint density at radius 3 is 2.06 bits per heavy atom. The van der Waals surface area contributed by atoms with Crippen LogP contribution in [0.25, 0.3) is 0 Å². The van der Waals surface area contributed by atoms with Gasteiger partial charge in [0.2, 0.25) is 6.29 Å². The molecule has 0 aromatic rings.